The van der Waals surface area contributed by atoms with Gasteiger partial charge in [-0.2, -0.15) is 0 Å². The molecular formula is C19H21NO4. The predicted octanol–water partition coefficient (Wildman–Crippen LogP) is 2.42. The van der Waals surface area contributed by atoms with Gasteiger partial charge < -0.3 is 19.8 Å². The van der Waals surface area contributed by atoms with Crippen molar-refractivity contribution in [2.75, 3.05) is 18.1 Å². The summed E-state index contributed by atoms with van der Waals surface area (Å²) in [6.07, 6.45) is 0.314. The van der Waals surface area contributed by atoms with Crippen molar-refractivity contribution in [3.63, 3.8) is 0 Å². The van der Waals surface area contributed by atoms with Crippen LogP contribution in [0.15, 0.2) is 42.5 Å². The zero-order chi connectivity index (χ0) is 17.1. The summed E-state index contributed by atoms with van der Waals surface area (Å²) in [6.45, 7) is 2.44. The first-order valence-corrected chi connectivity index (χ1v) is 8.06. The third-order valence-electron chi connectivity index (χ3n) is 4.09. The van der Waals surface area contributed by atoms with Crippen LogP contribution in [-0.2, 0) is 11.2 Å². The lowest BCUT2D eigenvalue weighted by Gasteiger charge is -2.34. The molecule has 0 fully saturated rings. The summed E-state index contributed by atoms with van der Waals surface area (Å²) < 4.78 is 5.87. The van der Waals surface area contributed by atoms with E-state index in [1.807, 2.05) is 31.2 Å². The van der Waals surface area contributed by atoms with Crippen LogP contribution in [0.2, 0.25) is 0 Å². The van der Waals surface area contributed by atoms with Gasteiger partial charge in [0.25, 0.3) is 5.91 Å². The highest BCUT2D eigenvalue weighted by molar-refractivity contribution is 6.00. The highest BCUT2D eigenvalue weighted by Crippen LogP contribution is 2.37. The van der Waals surface area contributed by atoms with Crippen LogP contribution in [0, 0.1) is 6.92 Å². The van der Waals surface area contributed by atoms with Crippen molar-refractivity contribution in [2.24, 2.45) is 0 Å². The van der Waals surface area contributed by atoms with Crippen molar-refractivity contribution in [1.82, 2.24) is 0 Å². The first-order valence-electron chi connectivity index (χ1n) is 8.06. The minimum atomic E-state index is -0.639. The number of amides is 1. The Labute approximate surface area is 141 Å². The molecule has 0 aliphatic carbocycles. The van der Waals surface area contributed by atoms with E-state index < -0.39 is 6.10 Å². The zero-order valence-corrected chi connectivity index (χ0v) is 13.6. The molecular weight excluding hydrogens is 306 g/mol. The van der Waals surface area contributed by atoms with Gasteiger partial charge in [0.05, 0.1) is 5.69 Å². The number of carbonyl (C=O) groups excluding carboxylic acids is 1. The van der Waals surface area contributed by atoms with Crippen LogP contribution in [0.25, 0.3) is 0 Å². The van der Waals surface area contributed by atoms with E-state index in [1.54, 1.807) is 11.0 Å². The number of hydrogen-bond acceptors (Lipinski definition) is 4. The van der Waals surface area contributed by atoms with E-state index in [2.05, 4.69) is 0 Å². The molecule has 1 aliphatic rings. The van der Waals surface area contributed by atoms with Crippen LogP contribution < -0.4 is 9.64 Å². The Morgan fingerprint density at radius 1 is 1.21 bits per heavy atom. The van der Waals surface area contributed by atoms with Gasteiger partial charge in [0.1, 0.15) is 11.5 Å². The molecule has 2 N–H and O–H groups in total. The van der Waals surface area contributed by atoms with Crippen LogP contribution in [0.1, 0.15) is 17.5 Å². The maximum absolute atomic E-state index is 12.8. The minimum Gasteiger partial charge on any atom is -0.508 e. The van der Waals surface area contributed by atoms with Gasteiger partial charge in [0.15, 0.2) is 6.10 Å². The van der Waals surface area contributed by atoms with Gasteiger partial charge >= 0.3 is 0 Å². The minimum absolute atomic E-state index is 0.0145. The fourth-order valence-electron chi connectivity index (χ4n) is 2.96. The number of benzene rings is 2. The summed E-state index contributed by atoms with van der Waals surface area (Å²) in [5, 5.41) is 18.8. The Hall–Kier alpha value is -2.53. The Balaban J connectivity index is 1.89. The second-order valence-corrected chi connectivity index (χ2v) is 6.02. The van der Waals surface area contributed by atoms with E-state index in [-0.39, 0.29) is 18.3 Å². The average molecular weight is 327 g/mol. The summed E-state index contributed by atoms with van der Waals surface area (Å²) in [4.78, 5) is 14.5. The van der Waals surface area contributed by atoms with Gasteiger partial charge in [-0.3, -0.25) is 4.79 Å². The van der Waals surface area contributed by atoms with Gasteiger partial charge in [-0.1, -0.05) is 29.8 Å². The van der Waals surface area contributed by atoms with E-state index in [9.17, 15) is 9.90 Å². The molecule has 0 saturated heterocycles. The molecule has 0 bridgehead atoms. The number of phenolic OH excluding ortho intramolecular Hbond substituents is 1. The van der Waals surface area contributed by atoms with Crippen molar-refractivity contribution in [2.45, 2.75) is 25.9 Å². The molecule has 126 valence electrons. The van der Waals surface area contributed by atoms with Crippen LogP contribution in [-0.4, -0.2) is 35.4 Å². The Morgan fingerprint density at radius 2 is 2.04 bits per heavy atom. The highest BCUT2D eigenvalue weighted by Gasteiger charge is 2.34. The first-order chi connectivity index (χ1) is 11.6. The van der Waals surface area contributed by atoms with Crippen LogP contribution >= 0.6 is 0 Å². The third kappa shape index (κ3) is 3.36. The molecule has 5 nitrogen and oxygen atoms in total. The number of aromatic hydroxyl groups is 1. The molecule has 0 aromatic heterocycles. The molecule has 0 saturated carbocycles. The number of ether oxygens (including phenoxy) is 1. The lowest BCUT2D eigenvalue weighted by molar-refractivity contribution is -0.126. The largest absolute Gasteiger partial charge is 0.508 e. The van der Waals surface area contributed by atoms with E-state index >= 15 is 0 Å². The molecule has 1 unspecified atom stereocenters. The second kappa shape index (κ2) is 6.93. The van der Waals surface area contributed by atoms with Crippen LogP contribution in [0.3, 0.4) is 0 Å². The normalized spacial score (nSPS) is 16.7. The molecule has 1 amide bonds. The Morgan fingerprint density at radius 3 is 2.79 bits per heavy atom. The number of nitrogens with zero attached hydrogens (tertiary/aromatic N) is 1. The van der Waals surface area contributed by atoms with Gasteiger partial charge in [-0.05, 0) is 31.0 Å². The second-order valence-electron chi connectivity index (χ2n) is 6.02. The molecule has 1 heterocycles. The summed E-state index contributed by atoms with van der Waals surface area (Å²) in [5.41, 5.74) is 2.79. The fraction of sp³-hybridized carbons (Fsp3) is 0.316. The topological polar surface area (TPSA) is 70.0 Å². The monoisotopic (exact) mass is 327 g/mol. The number of rotatable bonds is 5. The van der Waals surface area contributed by atoms with Gasteiger partial charge in [0, 0.05) is 25.6 Å². The number of anilines is 1. The Kier molecular flexibility index (Phi) is 4.71. The lowest BCUT2D eigenvalue weighted by Crippen LogP contribution is -2.47. The first kappa shape index (κ1) is 16.3. The van der Waals surface area contributed by atoms with E-state index in [1.165, 1.54) is 12.1 Å². The standard InChI is InChI=1S/C19H21NO4/c1-13-4-2-5-14(10-13)11-18-19(23)20(8-3-9-21)16-7-6-15(22)12-17(16)24-18/h2,4-7,10,12,18,21-22H,3,8-9,11H2,1H3. The Bertz CT molecular complexity index is 744. The number of hydrogen-bond donors (Lipinski definition) is 2. The molecule has 1 atom stereocenters. The van der Waals surface area contributed by atoms with Crippen molar-refractivity contribution in [3.05, 3.63) is 53.6 Å². The summed E-state index contributed by atoms with van der Waals surface area (Å²) in [7, 11) is 0. The molecule has 1 aliphatic heterocycles. The third-order valence-corrected chi connectivity index (χ3v) is 4.09. The van der Waals surface area contributed by atoms with Crippen molar-refractivity contribution in [3.8, 4) is 11.5 Å². The number of aliphatic hydroxyl groups is 1. The lowest BCUT2D eigenvalue weighted by atomic mass is 10.0. The molecule has 0 radical (unpaired) electrons. The number of aliphatic hydroxyl groups excluding tert-OH is 1. The van der Waals surface area contributed by atoms with Crippen molar-refractivity contribution in [1.29, 1.82) is 0 Å². The zero-order valence-electron chi connectivity index (χ0n) is 13.6. The molecule has 0 spiro atoms. The maximum atomic E-state index is 12.8. The quantitative estimate of drug-likeness (QED) is 0.885. The van der Waals surface area contributed by atoms with Crippen LogP contribution in [0.4, 0.5) is 5.69 Å². The smallest absolute Gasteiger partial charge is 0.268 e. The van der Waals surface area contributed by atoms with Crippen molar-refractivity contribution >= 4 is 11.6 Å². The molecule has 5 heteroatoms. The van der Waals surface area contributed by atoms with Gasteiger partial charge in [-0.25, -0.2) is 0 Å². The van der Waals surface area contributed by atoms with Gasteiger partial charge in [-0.15, -0.1) is 0 Å². The van der Waals surface area contributed by atoms with Crippen molar-refractivity contribution < 1.29 is 19.7 Å². The fourth-order valence-corrected chi connectivity index (χ4v) is 2.96. The van der Waals surface area contributed by atoms with E-state index in [0.29, 0.717) is 30.8 Å². The highest BCUT2D eigenvalue weighted by atomic mass is 16.5. The van der Waals surface area contributed by atoms with E-state index in [0.717, 1.165) is 11.1 Å². The average Bonchev–Trinajstić information content (AvgIpc) is 2.55. The summed E-state index contributed by atoms with van der Waals surface area (Å²) >= 11 is 0. The molecule has 2 aromatic rings. The van der Waals surface area contributed by atoms with E-state index in [4.69, 9.17) is 9.84 Å². The number of carbonyl (C=O) groups is 1. The molecule has 24 heavy (non-hydrogen) atoms. The number of aryl methyl sites for hydroxylation is 1. The predicted molar refractivity (Wildman–Crippen MR) is 91.5 cm³/mol. The van der Waals surface area contributed by atoms with Gasteiger partial charge in [0.2, 0.25) is 0 Å². The molecule has 3 rings (SSSR count). The SMILES string of the molecule is Cc1cccc(CC2Oc3cc(O)ccc3N(CCCO)C2=O)c1. The number of phenols is 1. The molecule has 2 aromatic carbocycles. The van der Waals surface area contributed by atoms with Crippen LogP contribution in [0.5, 0.6) is 11.5 Å². The summed E-state index contributed by atoms with van der Waals surface area (Å²) in [6, 6.07) is 12.7. The number of fused-ring (bicyclic) bond motifs is 1. The maximum Gasteiger partial charge on any atom is 0.268 e. The summed E-state index contributed by atoms with van der Waals surface area (Å²) in [5.74, 6) is 0.466.